The summed E-state index contributed by atoms with van der Waals surface area (Å²) >= 11 is 3.43. The third kappa shape index (κ3) is 3.26. The van der Waals surface area contributed by atoms with Crippen molar-refractivity contribution in [1.82, 2.24) is 5.16 Å². The number of hydrogen-bond donors (Lipinski definition) is 0. The highest BCUT2D eigenvalue weighted by atomic mass is 79.9. The SMILES string of the molecule is Cc1ccc(-c2cc(C(=O)N(C)c3ccc(Br)cc3C)on2)cc1. The Morgan fingerprint density at radius 3 is 2.46 bits per heavy atom. The van der Waals surface area contributed by atoms with E-state index in [2.05, 4.69) is 21.1 Å². The van der Waals surface area contributed by atoms with Gasteiger partial charge in [-0.15, -0.1) is 0 Å². The number of carbonyl (C=O) groups is 1. The lowest BCUT2D eigenvalue weighted by molar-refractivity contribution is 0.0957. The predicted molar refractivity (Wildman–Crippen MR) is 98.3 cm³/mol. The molecule has 1 heterocycles. The molecule has 5 heteroatoms. The van der Waals surface area contributed by atoms with Crippen LogP contribution in [-0.4, -0.2) is 18.1 Å². The van der Waals surface area contributed by atoms with Crippen molar-refractivity contribution >= 4 is 27.5 Å². The fourth-order valence-electron chi connectivity index (χ4n) is 2.51. The average Bonchev–Trinajstić information content (AvgIpc) is 3.04. The minimum absolute atomic E-state index is 0.218. The number of aryl methyl sites for hydroxylation is 2. The van der Waals surface area contributed by atoms with Crippen molar-refractivity contribution in [3.63, 3.8) is 0 Å². The van der Waals surface area contributed by atoms with E-state index in [1.165, 1.54) is 5.56 Å². The van der Waals surface area contributed by atoms with E-state index >= 15 is 0 Å². The fourth-order valence-corrected chi connectivity index (χ4v) is 2.98. The lowest BCUT2D eigenvalue weighted by atomic mass is 10.1. The zero-order valence-electron chi connectivity index (χ0n) is 13.7. The maximum absolute atomic E-state index is 12.7. The summed E-state index contributed by atoms with van der Waals surface area (Å²) in [5.74, 6) is -0.0123. The van der Waals surface area contributed by atoms with Gasteiger partial charge in [0.1, 0.15) is 5.69 Å². The summed E-state index contributed by atoms with van der Waals surface area (Å²) in [5.41, 5.74) is 4.57. The van der Waals surface area contributed by atoms with E-state index in [1.54, 1.807) is 18.0 Å². The van der Waals surface area contributed by atoms with Crippen LogP contribution in [0.15, 0.2) is 57.5 Å². The second kappa shape index (κ2) is 6.61. The third-order valence-electron chi connectivity index (χ3n) is 3.89. The number of amides is 1. The Bertz CT molecular complexity index is 885. The van der Waals surface area contributed by atoms with E-state index < -0.39 is 0 Å². The van der Waals surface area contributed by atoms with E-state index in [0.717, 1.165) is 21.3 Å². The predicted octanol–water partition coefficient (Wildman–Crippen LogP) is 5.00. The smallest absolute Gasteiger partial charge is 0.296 e. The van der Waals surface area contributed by atoms with Crippen molar-refractivity contribution in [2.24, 2.45) is 0 Å². The van der Waals surface area contributed by atoms with E-state index in [0.29, 0.717) is 5.69 Å². The number of hydrogen-bond acceptors (Lipinski definition) is 3. The second-order valence-electron chi connectivity index (χ2n) is 5.74. The molecule has 0 radical (unpaired) electrons. The summed E-state index contributed by atoms with van der Waals surface area (Å²) < 4.78 is 6.24. The maximum atomic E-state index is 12.7. The van der Waals surface area contributed by atoms with Gasteiger partial charge in [-0.05, 0) is 37.6 Å². The Hall–Kier alpha value is -2.40. The highest BCUT2D eigenvalue weighted by Crippen LogP contribution is 2.25. The molecule has 0 unspecified atom stereocenters. The van der Waals surface area contributed by atoms with Crippen molar-refractivity contribution in [1.29, 1.82) is 0 Å². The summed E-state index contributed by atoms with van der Waals surface area (Å²) in [6, 6.07) is 15.4. The third-order valence-corrected chi connectivity index (χ3v) is 4.39. The minimum atomic E-state index is -0.230. The molecule has 0 saturated heterocycles. The Morgan fingerprint density at radius 2 is 1.79 bits per heavy atom. The van der Waals surface area contributed by atoms with Gasteiger partial charge >= 0.3 is 0 Å². The van der Waals surface area contributed by atoms with Gasteiger partial charge in [0.2, 0.25) is 5.76 Å². The van der Waals surface area contributed by atoms with Crippen molar-refractivity contribution in [2.45, 2.75) is 13.8 Å². The molecular weight excluding hydrogens is 368 g/mol. The molecule has 0 spiro atoms. The Labute approximate surface area is 149 Å². The van der Waals surface area contributed by atoms with Crippen molar-refractivity contribution in [3.05, 3.63) is 69.9 Å². The molecule has 2 aromatic carbocycles. The molecule has 0 atom stereocenters. The lowest BCUT2D eigenvalue weighted by Crippen LogP contribution is -2.26. The first-order valence-corrected chi connectivity index (χ1v) is 8.33. The van der Waals surface area contributed by atoms with Gasteiger partial charge in [0.05, 0.1) is 0 Å². The van der Waals surface area contributed by atoms with Crippen LogP contribution in [0.5, 0.6) is 0 Å². The Morgan fingerprint density at radius 1 is 1.08 bits per heavy atom. The van der Waals surface area contributed by atoms with Gasteiger partial charge in [0, 0.05) is 28.8 Å². The van der Waals surface area contributed by atoms with Gasteiger partial charge in [-0.2, -0.15) is 0 Å². The summed E-state index contributed by atoms with van der Waals surface area (Å²) in [4.78, 5) is 14.2. The summed E-state index contributed by atoms with van der Waals surface area (Å²) in [6.45, 7) is 3.99. The highest BCUT2D eigenvalue weighted by molar-refractivity contribution is 9.10. The van der Waals surface area contributed by atoms with Crippen LogP contribution in [0.4, 0.5) is 5.69 Å². The number of rotatable bonds is 3. The molecule has 122 valence electrons. The van der Waals surface area contributed by atoms with Crippen LogP contribution in [-0.2, 0) is 0 Å². The van der Waals surface area contributed by atoms with Crippen LogP contribution in [0, 0.1) is 13.8 Å². The van der Waals surface area contributed by atoms with Crippen molar-refractivity contribution in [3.8, 4) is 11.3 Å². The monoisotopic (exact) mass is 384 g/mol. The standard InChI is InChI=1S/C19H17BrN2O2/c1-12-4-6-14(7-5-12)16-11-18(24-21-16)19(23)22(3)17-9-8-15(20)10-13(17)2/h4-11H,1-3H3. The molecule has 1 amide bonds. The fraction of sp³-hybridized carbons (Fsp3) is 0.158. The largest absolute Gasteiger partial charge is 0.350 e. The lowest BCUT2D eigenvalue weighted by Gasteiger charge is -2.18. The second-order valence-corrected chi connectivity index (χ2v) is 6.65. The highest BCUT2D eigenvalue weighted by Gasteiger charge is 2.20. The van der Waals surface area contributed by atoms with E-state index in [-0.39, 0.29) is 11.7 Å². The normalized spacial score (nSPS) is 10.7. The van der Waals surface area contributed by atoms with E-state index in [9.17, 15) is 4.79 Å². The molecule has 0 aliphatic rings. The first-order valence-electron chi connectivity index (χ1n) is 7.53. The molecule has 0 saturated carbocycles. The summed E-state index contributed by atoms with van der Waals surface area (Å²) in [5, 5.41) is 4.02. The molecule has 24 heavy (non-hydrogen) atoms. The number of nitrogens with zero attached hydrogens (tertiary/aromatic N) is 2. The number of aromatic nitrogens is 1. The first kappa shape index (κ1) is 16.5. The van der Waals surface area contributed by atoms with E-state index in [1.807, 2.05) is 56.3 Å². The number of anilines is 1. The summed E-state index contributed by atoms with van der Waals surface area (Å²) in [6.07, 6.45) is 0. The molecule has 3 rings (SSSR count). The summed E-state index contributed by atoms with van der Waals surface area (Å²) in [7, 11) is 1.73. The molecule has 1 aromatic heterocycles. The van der Waals surface area contributed by atoms with Gasteiger partial charge in [-0.3, -0.25) is 4.79 Å². The van der Waals surface area contributed by atoms with E-state index in [4.69, 9.17) is 4.52 Å². The minimum Gasteiger partial charge on any atom is -0.350 e. The molecule has 3 aromatic rings. The molecule has 0 fully saturated rings. The number of halogens is 1. The molecule has 4 nitrogen and oxygen atoms in total. The quantitative estimate of drug-likeness (QED) is 0.638. The van der Waals surface area contributed by atoms with Crippen molar-refractivity contribution in [2.75, 3.05) is 11.9 Å². The topological polar surface area (TPSA) is 46.3 Å². The van der Waals surface area contributed by atoms with Crippen LogP contribution >= 0.6 is 15.9 Å². The van der Waals surface area contributed by atoms with Crippen LogP contribution in [0.2, 0.25) is 0 Å². The Kier molecular flexibility index (Phi) is 4.53. The number of carbonyl (C=O) groups excluding carboxylic acids is 1. The molecule has 0 bridgehead atoms. The molecule has 0 aliphatic heterocycles. The van der Waals surface area contributed by atoms with Gasteiger partial charge in [0.15, 0.2) is 0 Å². The van der Waals surface area contributed by atoms with Crippen LogP contribution in [0.1, 0.15) is 21.7 Å². The maximum Gasteiger partial charge on any atom is 0.296 e. The van der Waals surface area contributed by atoms with Gasteiger partial charge in [0.25, 0.3) is 5.91 Å². The number of benzene rings is 2. The zero-order valence-corrected chi connectivity index (χ0v) is 15.3. The van der Waals surface area contributed by atoms with Gasteiger partial charge in [-0.1, -0.05) is 50.9 Å². The first-order chi connectivity index (χ1) is 11.5. The van der Waals surface area contributed by atoms with Crippen molar-refractivity contribution < 1.29 is 9.32 Å². The Balaban J connectivity index is 1.86. The van der Waals surface area contributed by atoms with Crippen LogP contribution in [0.3, 0.4) is 0 Å². The van der Waals surface area contributed by atoms with Crippen LogP contribution < -0.4 is 4.90 Å². The zero-order chi connectivity index (χ0) is 17.3. The molecule has 0 aliphatic carbocycles. The van der Waals surface area contributed by atoms with Gasteiger partial charge < -0.3 is 9.42 Å². The average molecular weight is 385 g/mol. The molecular formula is C19H17BrN2O2. The molecule has 0 N–H and O–H groups in total. The van der Waals surface area contributed by atoms with Gasteiger partial charge in [-0.25, -0.2) is 0 Å². The van der Waals surface area contributed by atoms with Crippen LogP contribution in [0.25, 0.3) is 11.3 Å².